The Balaban J connectivity index is 1.26. The van der Waals surface area contributed by atoms with Crippen molar-refractivity contribution in [2.45, 2.75) is 38.5 Å². The first-order valence-corrected chi connectivity index (χ1v) is 10.4. The van der Waals surface area contributed by atoms with Crippen molar-refractivity contribution in [3.8, 4) is 11.1 Å². The van der Waals surface area contributed by atoms with Gasteiger partial charge in [0.05, 0.1) is 22.8 Å². The molecule has 150 valence electrons. The highest BCUT2D eigenvalue weighted by Crippen LogP contribution is 2.38. The number of likely N-dealkylation sites (tertiary alicyclic amines) is 1. The summed E-state index contributed by atoms with van der Waals surface area (Å²) in [5, 5.41) is 4.30. The average Bonchev–Trinajstić information content (AvgIpc) is 3.02. The van der Waals surface area contributed by atoms with Crippen molar-refractivity contribution < 1.29 is 9.53 Å². The summed E-state index contributed by atoms with van der Waals surface area (Å²) in [4.78, 5) is 20.9. The number of anilines is 1. The van der Waals surface area contributed by atoms with Crippen molar-refractivity contribution >= 4 is 33.4 Å². The van der Waals surface area contributed by atoms with Crippen molar-refractivity contribution in [3.63, 3.8) is 0 Å². The van der Waals surface area contributed by atoms with E-state index in [1.165, 1.54) is 5.69 Å². The van der Waals surface area contributed by atoms with Crippen LogP contribution < -0.4 is 4.90 Å². The predicted octanol–water partition coefficient (Wildman–Crippen LogP) is 3.97. The highest BCUT2D eigenvalue weighted by Gasteiger charge is 2.54. The number of hydrogen-bond acceptors (Lipinski definition) is 5. The second-order valence-corrected chi connectivity index (χ2v) is 9.42. The highest BCUT2D eigenvalue weighted by molar-refractivity contribution is 9.10. The molecule has 0 N–H and O–H groups in total. The van der Waals surface area contributed by atoms with Gasteiger partial charge in [0.25, 0.3) is 0 Å². The van der Waals surface area contributed by atoms with Gasteiger partial charge < -0.3 is 9.64 Å². The van der Waals surface area contributed by atoms with Crippen LogP contribution in [0.2, 0.25) is 0 Å². The van der Waals surface area contributed by atoms with Crippen LogP contribution in [0.1, 0.15) is 20.8 Å². The minimum atomic E-state index is -0.453. The molecule has 0 radical (unpaired) electrons. The summed E-state index contributed by atoms with van der Waals surface area (Å²) in [5.41, 5.74) is 3.63. The molecule has 2 fully saturated rings. The Morgan fingerprint density at radius 3 is 2.52 bits per heavy atom. The fourth-order valence-corrected chi connectivity index (χ4v) is 4.30. The maximum absolute atomic E-state index is 12.2. The number of halogens is 1. The first-order chi connectivity index (χ1) is 13.8. The standard InChI is InChI=1S/C21H22BrN5O2/c1-21(2,3)29-20(28)26-12-17-18(26)11-25(17)15-6-4-13(5-7-15)14-8-23-19-16(22)9-24-27(19)10-14/h4-10,17-18H,11-12H2,1-3H3/t17-,18?/m1/s1. The van der Waals surface area contributed by atoms with Crippen molar-refractivity contribution in [2.75, 3.05) is 18.0 Å². The van der Waals surface area contributed by atoms with Gasteiger partial charge in [-0.2, -0.15) is 5.10 Å². The second kappa shape index (κ2) is 6.45. The molecule has 1 unspecified atom stereocenters. The van der Waals surface area contributed by atoms with E-state index >= 15 is 0 Å². The number of fused-ring (bicyclic) bond motifs is 2. The largest absolute Gasteiger partial charge is 0.444 e. The Labute approximate surface area is 177 Å². The topological polar surface area (TPSA) is 63.0 Å². The molecule has 2 aliphatic heterocycles. The Morgan fingerprint density at radius 1 is 1.10 bits per heavy atom. The van der Waals surface area contributed by atoms with Crippen LogP contribution in [0.5, 0.6) is 0 Å². The summed E-state index contributed by atoms with van der Waals surface area (Å²) in [5.74, 6) is 0. The zero-order chi connectivity index (χ0) is 20.3. The van der Waals surface area contributed by atoms with Crippen LogP contribution in [0.15, 0.2) is 47.3 Å². The van der Waals surface area contributed by atoms with E-state index in [0.717, 1.165) is 34.3 Å². The molecule has 3 aromatic rings. The molecule has 2 aliphatic rings. The van der Waals surface area contributed by atoms with Crippen molar-refractivity contribution in [3.05, 3.63) is 47.3 Å². The molecule has 2 aromatic heterocycles. The maximum atomic E-state index is 12.2. The molecule has 0 spiro atoms. The zero-order valence-corrected chi connectivity index (χ0v) is 18.1. The first kappa shape index (κ1) is 18.4. The van der Waals surface area contributed by atoms with Gasteiger partial charge in [-0.3, -0.25) is 4.90 Å². The van der Waals surface area contributed by atoms with E-state index in [4.69, 9.17) is 4.74 Å². The number of ether oxygens (including phenoxy) is 1. The molecule has 4 heterocycles. The number of carbonyl (C=O) groups excluding carboxylic acids is 1. The Bertz CT molecular complexity index is 1090. The maximum Gasteiger partial charge on any atom is 0.410 e. The molecular weight excluding hydrogens is 434 g/mol. The molecule has 0 bridgehead atoms. The van der Waals surface area contributed by atoms with E-state index in [-0.39, 0.29) is 12.1 Å². The summed E-state index contributed by atoms with van der Waals surface area (Å²) < 4.78 is 8.14. The van der Waals surface area contributed by atoms with E-state index in [9.17, 15) is 4.79 Å². The van der Waals surface area contributed by atoms with E-state index in [1.54, 1.807) is 10.7 Å². The fraction of sp³-hybridized carbons (Fsp3) is 0.381. The summed E-state index contributed by atoms with van der Waals surface area (Å²) >= 11 is 3.45. The van der Waals surface area contributed by atoms with Gasteiger partial charge in [-0.25, -0.2) is 14.3 Å². The molecule has 29 heavy (non-hydrogen) atoms. The van der Waals surface area contributed by atoms with E-state index < -0.39 is 5.60 Å². The molecule has 2 atom stereocenters. The molecule has 1 amide bonds. The lowest BCUT2D eigenvalue weighted by atomic mass is 9.85. The lowest BCUT2D eigenvalue weighted by Gasteiger charge is -2.62. The third kappa shape index (κ3) is 3.15. The van der Waals surface area contributed by atoms with Gasteiger partial charge in [0.15, 0.2) is 5.65 Å². The fourth-order valence-electron chi connectivity index (χ4n) is 3.92. The van der Waals surface area contributed by atoms with Crippen LogP contribution >= 0.6 is 15.9 Å². The summed E-state index contributed by atoms with van der Waals surface area (Å²) in [6.45, 7) is 7.26. The van der Waals surface area contributed by atoms with Crippen LogP contribution in [-0.2, 0) is 4.74 Å². The monoisotopic (exact) mass is 455 g/mol. The zero-order valence-electron chi connectivity index (χ0n) is 16.5. The Kier molecular flexibility index (Phi) is 4.10. The quantitative estimate of drug-likeness (QED) is 0.584. The van der Waals surface area contributed by atoms with Crippen LogP contribution in [-0.4, -0.2) is 56.4 Å². The number of aromatic nitrogens is 3. The van der Waals surface area contributed by atoms with Gasteiger partial charge in [0.1, 0.15) is 5.60 Å². The minimum Gasteiger partial charge on any atom is -0.444 e. The number of hydrogen-bond donors (Lipinski definition) is 0. The number of piperazine rings is 1. The molecule has 8 heteroatoms. The average molecular weight is 456 g/mol. The number of rotatable bonds is 2. The van der Waals surface area contributed by atoms with Crippen LogP contribution in [0.4, 0.5) is 10.5 Å². The SMILES string of the molecule is CC(C)(C)OC(=O)N1C[C@@H]2C1CN2c1ccc(-c2cnc3c(Br)cnn3c2)cc1. The Hall–Kier alpha value is -2.61. The lowest BCUT2D eigenvalue weighted by molar-refractivity contribution is -0.0309. The van der Waals surface area contributed by atoms with Crippen molar-refractivity contribution in [2.24, 2.45) is 0 Å². The van der Waals surface area contributed by atoms with Crippen molar-refractivity contribution in [1.29, 1.82) is 0 Å². The van der Waals surface area contributed by atoms with Crippen LogP contribution in [0.3, 0.4) is 0 Å². The highest BCUT2D eigenvalue weighted by atomic mass is 79.9. The van der Waals surface area contributed by atoms with Gasteiger partial charge in [-0.15, -0.1) is 0 Å². The normalized spacial score (nSPS) is 20.8. The van der Waals surface area contributed by atoms with Crippen LogP contribution in [0.25, 0.3) is 16.8 Å². The second-order valence-electron chi connectivity index (χ2n) is 8.57. The van der Waals surface area contributed by atoms with Gasteiger partial charge in [-0.05, 0) is 54.4 Å². The van der Waals surface area contributed by atoms with E-state index in [1.807, 2.05) is 38.1 Å². The summed E-state index contributed by atoms with van der Waals surface area (Å²) in [7, 11) is 0. The molecule has 2 saturated heterocycles. The lowest BCUT2D eigenvalue weighted by Crippen LogP contribution is -2.80. The van der Waals surface area contributed by atoms with Gasteiger partial charge in [0.2, 0.25) is 0 Å². The van der Waals surface area contributed by atoms with Crippen LogP contribution in [0, 0.1) is 0 Å². The third-order valence-electron chi connectivity index (χ3n) is 5.49. The minimum absolute atomic E-state index is 0.207. The molecule has 1 aromatic carbocycles. The summed E-state index contributed by atoms with van der Waals surface area (Å²) in [6, 6.07) is 9.11. The van der Waals surface area contributed by atoms with Gasteiger partial charge in [0, 0.05) is 36.7 Å². The predicted molar refractivity (Wildman–Crippen MR) is 114 cm³/mol. The molecule has 5 rings (SSSR count). The summed E-state index contributed by atoms with van der Waals surface area (Å²) in [6.07, 6.45) is 5.38. The first-order valence-electron chi connectivity index (χ1n) is 9.66. The Morgan fingerprint density at radius 2 is 1.86 bits per heavy atom. The van der Waals surface area contributed by atoms with Gasteiger partial charge >= 0.3 is 6.09 Å². The third-order valence-corrected chi connectivity index (χ3v) is 6.05. The van der Waals surface area contributed by atoms with Gasteiger partial charge in [-0.1, -0.05) is 12.1 Å². The number of amides is 1. The number of nitrogens with zero attached hydrogens (tertiary/aromatic N) is 5. The number of benzene rings is 1. The molecular formula is C21H22BrN5O2. The smallest absolute Gasteiger partial charge is 0.410 e. The van der Waals surface area contributed by atoms with E-state index in [0.29, 0.717) is 6.04 Å². The molecule has 0 saturated carbocycles. The molecule has 7 nitrogen and oxygen atoms in total. The van der Waals surface area contributed by atoms with Crippen molar-refractivity contribution in [1.82, 2.24) is 19.5 Å². The number of carbonyl (C=O) groups is 1. The van der Waals surface area contributed by atoms with E-state index in [2.05, 4.69) is 55.2 Å². The molecule has 0 aliphatic carbocycles.